The Bertz CT molecular complexity index is 447. The highest BCUT2D eigenvalue weighted by Gasteiger charge is 2.27. The van der Waals surface area contributed by atoms with E-state index < -0.39 is 18.8 Å². The molecule has 7 heteroatoms. The molecule has 1 aromatic rings. The van der Waals surface area contributed by atoms with Gasteiger partial charge in [-0.25, -0.2) is 4.79 Å². The summed E-state index contributed by atoms with van der Waals surface area (Å²) in [6.07, 6.45) is -4.42. The maximum absolute atomic E-state index is 11.9. The lowest BCUT2D eigenvalue weighted by Crippen LogP contribution is -2.36. The molecule has 0 heterocycles. The third-order valence-electron chi connectivity index (χ3n) is 2.35. The van der Waals surface area contributed by atoms with E-state index in [1.807, 2.05) is 19.9 Å². The Balaban J connectivity index is 2.51. The van der Waals surface area contributed by atoms with Gasteiger partial charge in [0.25, 0.3) is 0 Å². The molecule has 0 radical (unpaired) electrons. The van der Waals surface area contributed by atoms with Crippen LogP contribution in [0.15, 0.2) is 24.3 Å². The smallest absolute Gasteiger partial charge is 0.329 e. The molecule has 0 saturated carbocycles. The quantitative estimate of drug-likeness (QED) is 0.780. The van der Waals surface area contributed by atoms with Crippen molar-refractivity contribution in [3.8, 4) is 0 Å². The Morgan fingerprint density at radius 3 is 2.60 bits per heavy atom. The Labute approximate surface area is 115 Å². The molecule has 0 atom stereocenters. The van der Waals surface area contributed by atoms with E-state index in [-0.39, 0.29) is 0 Å². The van der Waals surface area contributed by atoms with Crippen molar-refractivity contribution in [1.29, 1.82) is 0 Å². The van der Waals surface area contributed by atoms with Crippen LogP contribution in [0.1, 0.15) is 19.4 Å². The minimum absolute atomic E-state index is 0.321. The number of anilines is 1. The number of hydrogen-bond acceptors (Lipinski definition) is 2. The van der Waals surface area contributed by atoms with Crippen LogP contribution in [0.3, 0.4) is 0 Å². The Morgan fingerprint density at radius 2 is 2.00 bits per heavy atom. The van der Waals surface area contributed by atoms with Gasteiger partial charge in [0.1, 0.15) is 6.54 Å². The highest BCUT2D eigenvalue weighted by Crippen LogP contribution is 2.13. The molecule has 1 aromatic carbocycles. The number of alkyl halides is 3. The SMILES string of the molecule is CC(C)NCc1cccc(NC(=O)NCC(F)(F)F)c1. The van der Waals surface area contributed by atoms with E-state index in [0.29, 0.717) is 18.3 Å². The van der Waals surface area contributed by atoms with Gasteiger partial charge in [0.15, 0.2) is 0 Å². The molecule has 0 bridgehead atoms. The van der Waals surface area contributed by atoms with Crippen LogP contribution in [0.4, 0.5) is 23.7 Å². The van der Waals surface area contributed by atoms with E-state index in [9.17, 15) is 18.0 Å². The first-order valence-corrected chi connectivity index (χ1v) is 6.20. The van der Waals surface area contributed by atoms with Crippen molar-refractivity contribution in [1.82, 2.24) is 10.6 Å². The summed E-state index contributed by atoms with van der Waals surface area (Å²) in [6.45, 7) is 3.28. The van der Waals surface area contributed by atoms with Gasteiger partial charge >= 0.3 is 12.2 Å². The van der Waals surface area contributed by atoms with E-state index in [1.54, 1.807) is 23.5 Å². The molecular formula is C13H18F3N3O. The molecule has 2 amide bonds. The summed E-state index contributed by atoms with van der Waals surface area (Å²) in [5.41, 5.74) is 1.39. The maximum Gasteiger partial charge on any atom is 0.405 e. The van der Waals surface area contributed by atoms with E-state index in [4.69, 9.17) is 0 Å². The van der Waals surface area contributed by atoms with Gasteiger partial charge in [0, 0.05) is 18.3 Å². The Kier molecular flexibility index (Phi) is 5.82. The number of nitrogens with one attached hydrogen (secondary N) is 3. The van der Waals surface area contributed by atoms with Gasteiger partial charge < -0.3 is 16.0 Å². The lowest BCUT2D eigenvalue weighted by Gasteiger charge is -2.12. The van der Waals surface area contributed by atoms with Gasteiger partial charge in [0.2, 0.25) is 0 Å². The van der Waals surface area contributed by atoms with Crippen molar-refractivity contribution in [3.63, 3.8) is 0 Å². The third-order valence-corrected chi connectivity index (χ3v) is 2.35. The molecule has 0 saturated heterocycles. The second-order valence-corrected chi connectivity index (χ2v) is 4.66. The lowest BCUT2D eigenvalue weighted by atomic mass is 10.2. The van der Waals surface area contributed by atoms with Crippen molar-refractivity contribution in [3.05, 3.63) is 29.8 Å². The van der Waals surface area contributed by atoms with E-state index in [1.165, 1.54) is 0 Å². The summed E-state index contributed by atoms with van der Waals surface area (Å²) in [7, 11) is 0. The van der Waals surface area contributed by atoms with Crippen molar-refractivity contribution in [2.45, 2.75) is 32.6 Å². The number of halogens is 3. The first-order valence-electron chi connectivity index (χ1n) is 6.20. The number of amides is 2. The van der Waals surface area contributed by atoms with Gasteiger partial charge in [-0.15, -0.1) is 0 Å². The number of hydrogen-bond donors (Lipinski definition) is 3. The standard InChI is InChI=1S/C13H18F3N3O/c1-9(2)17-7-10-4-3-5-11(6-10)19-12(20)18-8-13(14,15)16/h3-6,9,17H,7-8H2,1-2H3,(H2,18,19,20). The molecule has 0 aliphatic rings. The van der Waals surface area contributed by atoms with Gasteiger partial charge in [0.05, 0.1) is 0 Å². The number of carbonyl (C=O) groups is 1. The van der Waals surface area contributed by atoms with Gasteiger partial charge in [-0.05, 0) is 17.7 Å². The molecule has 0 fully saturated rings. The predicted octanol–water partition coefficient (Wildman–Crippen LogP) is 2.87. The average Bonchev–Trinajstić information content (AvgIpc) is 2.34. The zero-order valence-corrected chi connectivity index (χ0v) is 11.3. The number of benzene rings is 1. The molecule has 0 spiro atoms. The Morgan fingerprint density at radius 1 is 1.30 bits per heavy atom. The van der Waals surface area contributed by atoms with Crippen LogP contribution in [0.2, 0.25) is 0 Å². The molecule has 0 aliphatic carbocycles. The summed E-state index contributed by atoms with van der Waals surface area (Å²) in [4.78, 5) is 11.3. The van der Waals surface area contributed by atoms with Crippen molar-refractivity contribution in [2.75, 3.05) is 11.9 Å². The van der Waals surface area contributed by atoms with Crippen LogP contribution < -0.4 is 16.0 Å². The molecule has 112 valence electrons. The van der Waals surface area contributed by atoms with E-state index in [0.717, 1.165) is 5.56 Å². The molecule has 0 aliphatic heterocycles. The lowest BCUT2D eigenvalue weighted by molar-refractivity contribution is -0.122. The molecule has 1 rings (SSSR count). The van der Waals surface area contributed by atoms with Crippen LogP contribution in [-0.2, 0) is 6.54 Å². The molecule has 3 N–H and O–H groups in total. The predicted molar refractivity (Wildman–Crippen MR) is 71.5 cm³/mol. The zero-order valence-electron chi connectivity index (χ0n) is 11.3. The normalized spacial score (nSPS) is 11.5. The third kappa shape index (κ3) is 6.98. The summed E-state index contributed by atoms with van der Waals surface area (Å²) in [5.74, 6) is 0. The first kappa shape index (κ1) is 16.3. The number of urea groups is 1. The van der Waals surface area contributed by atoms with Crippen LogP contribution >= 0.6 is 0 Å². The monoisotopic (exact) mass is 289 g/mol. The Hall–Kier alpha value is -1.76. The molecule has 0 unspecified atom stereocenters. The molecule has 0 aromatic heterocycles. The number of rotatable bonds is 5. The summed E-state index contributed by atoms with van der Waals surface area (Å²) in [6, 6.07) is 6.37. The van der Waals surface area contributed by atoms with E-state index in [2.05, 4.69) is 10.6 Å². The second-order valence-electron chi connectivity index (χ2n) is 4.66. The van der Waals surface area contributed by atoms with Crippen LogP contribution in [0.5, 0.6) is 0 Å². The molecule has 20 heavy (non-hydrogen) atoms. The summed E-state index contributed by atoms with van der Waals surface area (Å²) in [5, 5.41) is 7.33. The van der Waals surface area contributed by atoms with Crippen molar-refractivity contribution >= 4 is 11.7 Å². The van der Waals surface area contributed by atoms with Crippen molar-refractivity contribution in [2.24, 2.45) is 0 Å². The summed E-state index contributed by atoms with van der Waals surface area (Å²) < 4.78 is 35.8. The van der Waals surface area contributed by atoms with Crippen LogP contribution in [0, 0.1) is 0 Å². The topological polar surface area (TPSA) is 53.2 Å². The van der Waals surface area contributed by atoms with Gasteiger partial charge in [-0.2, -0.15) is 13.2 Å². The second kappa shape index (κ2) is 7.14. The van der Waals surface area contributed by atoms with Crippen LogP contribution in [0.25, 0.3) is 0 Å². The van der Waals surface area contributed by atoms with E-state index >= 15 is 0 Å². The van der Waals surface area contributed by atoms with Gasteiger partial charge in [-0.3, -0.25) is 0 Å². The fraction of sp³-hybridized carbons (Fsp3) is 0.462. The number of carbonyl (C=O) groups excluding carboxylic acids is 1. The fourth-order valence-corrected chi connectivity index (χ4v) is 1.44. The van der Waals surface area contributed by atoms with Crippen LogP contribution in [-0.4, -0.2) is 24.8 Å². The summed E-state index contributed by atoms with van der Waals surface area (Å²) >= 11 is 0. The first-order chi connectivity index (χ1) is 9.26. The zero-order chi connectivity index (χ0) is 15.2. The minimum Gasteiger partial charge on any atom is -0.329 e. The largest absolute Gasteiger partial charge is 0.405 e. The van der Waals surface area contributed by atoms with Gasteiger partial charge in [-0.1, -0.05) is 26.0 Å². The highest BCUT2D eigenvalue weighted by atomic mass is 19.4. The fourth-order valence-electron chi connectivity index (χ4n) is 1.44. The van der Waals surface area contributed by atoms with Crippen molar-refractivity contribution < 1.29 is 18.0 Å². The minimum atomic E-state index is -4.42. The molecular weight excluding hydrogens is 271 g/mol. The highest BCUT2D eigenvalue weighted by molar-refractivity contribution is 5.89. The maximum atomic E-state index is 11.9. The molecule has 4 nitrogen and oxygen atoms in total. The average molecular weight is 289 g/mol.